The molecule has 2 nitrogen and oxygen atoms in total. The van der Waals surface area contributed by atoms with Gasteiger partial charge in [0.1, 0.15) is 0 Å². The average molecular weight is 217 g/mol. The van der Waals surface area contributed by atoms with E-state index in [1.165, 1.54) is 19.4 Å². The van der Waals surface area contributed by atoms with Gasteiger partial charge in [-0.1, -0.05) is 6.92 Å². The number of nitrogens with zero attached hydrogens (tertiary/aromatic N) is 1. The number of hydrogen-bond donors (Lipinski definition) is 1. The molecule has 0 saturated heterocycles. The third kappa shape index (κ3) is 3.14. The Morgan fingerprint density at radius 2 is 2.14 bits per heavy atom. The van der Waals surface area contributed by atoms with Gasteiger partial charge in [0.25, 0.3) is 0 Å². The van der Waals surface area contributed by atoms with Crippen LogP contribution in [-0.2, 0) is 4.74 Å². The lowest BCUT2D eigenvalue weighted by Crippen LogP contribution is -2.40. The van der Waals surface area contributed by atoms with E-state index in [1.807, 2.05) is 0 Å². The fourth-order valence-electron chi connectivity index (χ4n) is 1.90. The monoisotopic (exact) mass is 217 g/mol. The first kappa shape index (κ1) is 12.3. The summed E-state index contributed by atoms with van der Waals surface area (Å²) in [5, 5.41) is 0. The number of hydrogen-bond acceptors (Lipinski definition) is 3. The van der Waals surface area contributed by atoms with E-state index in [4.69, 9.17) is 4.74 Å². The summed E-state index contributed by atoms with van der Waals surface area (Å²) in [5.74, 6) is 1.03. The van der Waals surface area contributed by atoms with Crippen molar-refractivity contribution in [1.82, 2.24) is 4.90 Å². The summed E-state index contributed by atoms with van der Waals surface area (Å²) in [7, 11) is 1.77. The van der Waals surface area contributed by atoms with Crippen molar-refractivity contribution in [3.05, 3.63) is 0 Å². The zero-order valence-electron chi connectivity index (χ0n) is 9.62. The van der Waals surface area contributed by atoms with Gasteiger partial charge < -0.3 is 4.74 Å². The van der Waals surface area contributed by atoms with Crippen molar-refractivity contribution < 1.29 is 4.74 Å². The van der Waals surface area contributed by atoms with Crippen LogP contribution in [0, 0.1) is 5.41 Å². The maximum atomic E-state index is 5.19. The number of likely N-dealkylation sites (N-methyl/N-ethyl adjacent to an activating group) is 1. The van der Waals surface area contributed by atoms with Gasteiger partial charge in [0.15, 0.2) is 0 Å². The Hall–Kier alpha value is 0.270. The molecule has 0 aromatic rings. The van der Waals surface area contributed by atoms with Crippen molar-refractivity contribution in [2.45, 2.75) is 32.7 Å². The lowest BCUT2D eigenvalue weighted by molar-refractivity contribution is 0.0910. The van der Waals surface area contributed by atoms with Crippen LogP contribution in [0.3, 0.4) is 0 Å². The van der Waals surface area contributed by atoms with Gasteiger partial charge in [0.05, 0.1) is 6.61 Å². The zero-order valence-corrected chi connectivity index (χ0v) is 10.5. The second-order valence-electron chi connectivity index (χ2n) is 4.53. The minimum Gasteiger partial charge on any atom is -0.383 e. The molecule has 0 bridgehead atoms. The van der Waals surface area contributed by atoms with E-state index in [2.05, 4.69) is 31.4 Å². The molecule has 0 heterocycles. The highest BCUT2D eigenvalue weighted by Crippen LogP contribution is 2.47. The lowest BCUT2D eigenvalue weighted by atomic mass is 10.1. The van der Waals surface area contributed by atoms with Gasteiger partial charge in [0, 0.05) is 19.7 Å². The molecule has 3 heteroatoms. The van der Waals surface area contributed by atoms with E-state index in [0.29, 0.717) is 11.5 Å². The Labute approximate surface area is 93.4 Å². The molecule has 1 atom stereocenters. The third-order valence-electron chi connectivity index (χ3n) is 3.27. The summed E-state index contributed by atoms with van der Waals surface area (Å²) >= 11 is 4.44. The van der Waals surface area contributed by atoms with Crippen LogP contribution in [0.1, 0.15) is 26.7 Å². The van der Waals surface area contributed by atoms with E-state index in [-0.39, 0.29) is 0 Å². The van der Waals surface area contributed by atoms with Gasteiger partial charge in [-0.25, -0.2) is 0 Å². The molecule has 1 unspecified atom stereocenters. The summed E-state index contributed by atoms with van der Waals surface area (Å²) in [6.45, 7) is 7.59. The van der Waals surface area contributed by atoms with Gasteiger partial charge >= 0.3 is 0 Å². The molecular formula is C11H23NOS. The highest BCUT2D eigenvalue weighted by atomic mass is 32.1. The molecule has 0 spiro atoms. The second kappa shape index (κ2) is 5.38. The standard InChI is InChI=1S/C11H23NOS/c1-4-12(10(2)7-13-3)8-11(9-14)5-6-11/h10,14H,4-9H2,1-3H3. The van der Waals surface area contributed by atoms with E-state index >= 15 is 0 Å². The van der Waals surface area contributed by atoms with Gasteiger partial charge in [-0.3, -0.25) is 4.90 Å². The van der Waals surface area contributed by atoms with Crippen LogP contribution in [0.2, 0.25) is 0 Å². The minimum atomic E-state index is 0.529. The van der Waals surface area contributed by atoms with Crippen molar-refractivity contribution in [3.63, 3.8) is 0 Å². The second-order valence-corrected chi connectivity index (χ2v) is 4.84. The van der Waals surface area contributed by atoms with Gasteiger partial charge in [-0.05, 0) is 37.5 Å². The molecule has 0 N–H and O–H groups in total. The highest BCUT2D eigenvalue weighted by molar-refractivity contribution is 7.80. The van der Waals surface area contributed by atoms with Crippen LogP contribution in [-0.4, -0.2) is 43.5 Å². The maximum Gasteiger partial charge on any atom is 0.0615 e. The molecule has 1 aliphatic rings. The van der Waals surface area contributed by atoms with Crippen LogP contribution < -0.4 is 0 Å². The van der Waals surface area contributed by atoms with Crippen LogP contribution in [0.15, 0.2) is 0 Å². The summed E-state index contributed by atoms with van der Waals surface area (Å²) in [4.78, 5) is 2.51. The quantitative estimate of drug-likeness (QED) is 0.655. The Morgan fingerprint density at radius 3 is 2.50 bits per heavy atom. The fourth-order valence-corrected chi connectivity index (χ4v) is 2.32. The summed E-state index contributed by atoms with van der Waals surface area (Å²) in [5.41, 5.74) is 0.529. The van der Waals surface area contributed by atoms with Crippen molar-refractivity contribution in [3.8, 4) is 0 Å². The van der Waals surface area contributed by atoms with Crippen molar-refractivity contribution >= 4 is 12.6 Å². The smallest absolute Gasteiger partial charge is 0.0615 e. The largest absolute Gasteiger partial charge is 0.383 e. The first-order valence-electron chi connectivity index (χ1n) is 5.51. The molecule has 84 valence electrons. The number of methoxy groups -OCH3 is 1. The predicted octanol–water partition coefficient (Wildman–Crippen LogP) is 2.05. The number of rotatable bonds is 7. The van der Waals surface area contributed by atoms with Crippen LogP contribution in [0.4, 0.5) is 0 Å². The number of ether oxygens (including phenoxy) is 1. The average Bonchev–Trinajstić information content (AvgIpc) is 2.95. The first-order valence-corrected chi connectivity index (χ1v) is 6.14. The summed E-state index contributed by atoms with van der Waals surface area (Å²) in [6.07, 6.45) is 2.71. The molecule has 1 rings (SSSR count). The minimum absolute atomic E-state index is 0.529. The van der Waals surface area contributed by atoms with Gasteiger partial charge in [-0.15, -0.1) is 0 Å². The highest BCUT2D eigenvalue weighted by Gasteiger charge is 2.42. The third-order valence-corrected chi connectivity index (χ3v) is 3.94. The molecule has 14 heavy (non-hydrogen) atoms. The summed E-state index contributed by atoms with van der Waals surface area (Å²) < 4.78 is 5.19. The number of thiol groups is 1. The van der Waals surface area contributed by atoms with Gasteiger partial charge in [-0.2, -0.15) is 12.6 Å². The Kier molecular flexibility index (Phi) is 4.74. The van der Waals surface area contributed by atoms with E-state index in [1.54, 1.807) is 7.11 Å². The van der Waals surface area contributed by atoms with E-state index in [0.717, 1.165) is 18.9 Å². The molecular weight excluding hydrogens is 194 g/mol. The van der Waals surface area contributed by atoms with Crippen LogP contribution >= 0.6 is 12.6 Å². The lowest BCUT2D eigenvalue weighted by Gasteiger charge is -2.30. The Balaban J connectivity index is 2.38. The fraction of sp³-hybridized carbons (Fsp3) is 1.00. The first-order chi connectivity index (χ1) is 6.67. The topological polar surface area (TPSA) is 12.5 Å². The van der Waals surface area contributed by atoms with Crippen molar-refractivity contribution in [2.75, 3.05) is 32.6 Å². The molecule has 0 amide bonds. The SMILES string of the molecule is CCN(CC1(CS)CC1)C(C)COC. The van der Waals surface area contributed by atoms with Gasteiger partial charge in [0.2, 0.25) is 0 Å². The predicted molar refractivity (Wildman–Crippen MR) is 64.1 cm³/mol. The van der Waals surface area contributed by atoms with E-state index in [9.17, 15) is 0 Å². The van der Waals surface area contributed by atoms with E-state index < -0.39 is 0 Å². The molecule has 0 radical (unpaired) electrons. The van der Waals surface area contributed by atoms with Crippen LogP contribution in [0.25, 0.3) is 0 Å². The Morgan fingerprint density at radius 1 is 1.50 bits per heavy atom. The molecule has 0 aromatic carbocycles. The zero-order chi connectivity index (χ0) is 10.6. The van der Waals surface area contributed by atoms with Crippen LogP contribution in [0.5, 0.6) is 0 Å². The normalized spacial score (nSPS) is 21.2. The molecule has 0 aliphatic heterocycles. The molecule has 1 saturated carbocycles. The molecule has 1 fully saturated rings. The molecule has 0 aromatic heterocycles. The van der Waals surface area contributed by atoms with Crippen molar-refractivity contribution in [2.24, 2.45) is 5.41 Å². The maximum absolute atomic E-state index is 5.19. The molecule has 1 aliphatic carbocycles. The summed E-state index contributed by atoms with van der Waals surface area (Å²) in [6, 6.07) is 0.530. The van der Waals surface area contributed by atoms with Crippen molar-refractivity contribution in [1.29, 1.82) is 0 Å². The Bertz CT molecular complexity index is 171.